The molecule has 82 valence electrons. The Hall–Kier alpha value is -0.410. The first-order valence-electron chi connectivity index (χ1n) is 5.25. The largest absolute Gasteiger partial charge is 0.316 e. The highest BCUT2D eigenvalue weighted by Gasteiger charge is 2.38. The van der Waals surface area contributed by atoms with Crippen molar-refractivity contribution in [3.8, 4) is 0 Å². The van der Waals surface area contributed by atoms with Gasteiger partial charge >= 0.3 is 0 Å². The van der Waals surface area contributed by atoms with E-state index in [1.54, 1.807) is 6.92 Å². The van der Waals surface area contributed by atoms with E-state index in [1.807, 2.05) is 24.3 Å². The van der Waals surface area contributed by atoms with Gasteiger partial charge in [-0.15, -0.1) is 0 Å². The molecule has 1 fully saturated rings. The topological polar surface area (TPSA) is 12.0 Å². The normalized spacial score (nSPS) is 31.5. The molecule has 1 saturated heterocycles. The molecule has 0 saturated carbocycles. The van der Waals surface area contributed by atoms with Crippen LogP contribution in [0, 0.1) is 0 Å². The molecule has 0 aromatic heterocycles. The molecule has 0 bridgehead atoms. The van der Waals surface area contributed by atoms with Gasteiger partial charge in [0.2, 0.25) is 0 Å². The standard InChI is InChI=1S/C12H15BrFN/c1-12(14)6-7-15-8-10(12)9-4-2-3-5-11(9)13/h2-5,10,15H,6-8H2,1H3. The van der Waals surface area contributed by atoms with Crippen LogP contribution in [0.4, 0.5) is 4.39 Å². The van der Waals surface area contributed by atoms with Gasteiger partial charge in [-0.25, -0.2) is 4.39 Å². The molecule has 1 aliphatic heterocycles. The minimum absolute atomic E-state index is 0.0539. The molecule has 0 spiro atoms. The number of nitrogens with one attached hydrogen (secondary N) is 1. The maximum absolute atomic E-state index is 14.3. The molecule has 1 N–H and O–H groups in total. The zero-order valence-corrected chi connectivity index (χ0v) is 10.3. The van der Waals surface area contributed by atoms with Gasteiger partial charge in [0.25, 0.3) is 0 Å². The highest BCUT2D eigenvalue weighted by Crippen LogP contribution is 2.38. The van der Waals surface area contributed by atoms with Crippen LogP contribution in [0.3, 0.4) is 0 Å². The molecule has 2 atom stereocenters. The number of piperidine rings is 1. The van der Waals surface area contributed by atoms with Gasteiger partial charge < -0.3 is 5.32 Å². The highest BCUT2D eigenvalue weighted by atomic mass is 79.9. The van der Waals surface area contributed by atoms with Crippen molar-refractivity contribution in [1.29, 1.82) is 0 Å². The summed E-state index contributed by atoms with van der Waals surface area (Å²) in [6.07, 6.45) is 0.582. The third-order valence-corrected chi connectivity index (χ3v) is 3.87. The third kappa shape index (κ3) is 2.23. The van der Waals surface area contributed by atoms with E-state index in [1.165, 1.54) is 0 Å². The molecular formula is C12H15BrFN. The van der Waals surface area contributed by atoms with Crippen LogP contribution in [0.2, 0.25) is 0 Å². The monoisotopic (exact) mass is 271 g/mol. The first-order valence-corrected chi connectivity index (χ1v) is 6.04. The summed E-state index contributed by atoms with van der Waals surface area (Å²) in [5.74, 6) is -0.0539. The van der Waals surface area contributed by atoms with Gasteiger partial charge in [-0.2, -0.15) is 0 Å². The quantitative estimate of drug-likeness (QED) is 0.827. The molecule has 1 heterocycles. The Bertz CT molecular complexity index is 351. The molecule has 3 heteroatoms. The lowest BCUT2D eigenvalue weighted by Gasteiger charge is -2.36. The van der Waals surface area contributed by atoms with Crippen LogP contribution in [-0.4, -0.2) is 18.8 Å². The number of benzene rings is 1. The molecule has 1 aromatic carbocycles. The van der Waals surface area contributed by atoms with Crippen LogP contribution in [0.25, 0.3) is 0 Å². The van der Waals surface area contributed by atoms with Crippen LogP contribution >= 0.6 is 15.9 Å². The van der Waals surface area contributed by atoms with Crippen LogP contribution in [0.5, 0.6) is 0 Å². The lowest BCUT2D eigenvalue weighted by Crippen LogP contribution is -2.43. The SMILES string of the molecule is CC1(F)CCNCC1c1ccccc1Br. The van der Waals surface area contributed by atoms with E-state index in [9.17, 15) is 4.39 Å². The summed E-state index contributed by atoms with van der Waals surface area (Å²) in [6.45, 7) is 3.20. The average Bonchev–Trinajstić information content (AvgIpc) is 2.19. The van der Waals surface area contributed by atoms with Crippen LogP contribution in [-0.2, 0) is 0 Å². The minimum Gasteiger partial charge on any atom is -0.316 e. The molecule has 0 amide bonds. The Morgan fingerprint density at radius 2 is 2.20 bits per heavy atom. The van der Waals surface area contributed by atoms with E-state index in [4.69, 9.17) is 0 Å². The Morgan fingerprint density at radius 3 is 2.87 bits per heavy atom. The maximum Gasteiger partial charge on any atom is 0.117 e. The second-order valence-corrected chi connectivity index (χ2v) is 5.16. The molecule has 2 rings (SSSR count). The molecule has 15 heavy (non-hydrogen) atoms. The molecular weight excluding hydrogens is 257 g/mol. The van der Waals surface area contributed by atoms with Crippen molar-refractivity contribution in [1.82, 2.24) is 5.32 Å². The van der Waals surface area contributed by atoms with Crippen molar-refractivity contribution in [2.24, 2.45) is 0 Å². The summed E-state index contributed by atoms with van der Waals surface area (Å²) in [5.41, 5.74) is -0.0375. The van der Waals surface area contributed by atoms with E-state index in [0.717, 1.165) is 23.1 Å². The fourth-order valence-electron chi connectivity index (χ4n) is 2.16. The summed E-state index contributed by atoms with van der Waals surface area (Å²) < 4.78 is 15.3. The zero-order chi connectivity index (χ0) is 10.9. The summed E-state index contributed by atoms with van der Waals surface area (Å²) in [6, 6.07) is 7.89. The summed E-state index contributed by atoms with van der Waals surface area (Å²) in [4.78, 5) is 0. The van der Waals surface area contributed by atoms with Crippen molar-refractivity contribution in [2.45, 2.75) is 24.9 Å². The molecule has 0 aliphatic carbocycles. The first kappa shape index (κ1) is 11.1. The van der Waals surface area contributed by atoms with Gasteiger partial charge in [-0.3, -0.25) is 0 Å². The van der Waals surface area contributed by atoms with Gasteiger partial charge in [-0.1, -0.05) is 34.1 Å². The lowest BCUT2D eigenvalue weighted by atomic mass is 9.80. The van der Waals surface area contributed by atoms with Gasteiger partial charge in [-0.05, 0) is 31.5 Å². The summed E-state index contributed by atoms with van der Waals surface area (Å²) >= 11 is 3.49. The number of hydrogen-bond acceptors (Lipinski definition) is 1. The van der Waals surface area contributed by atoms with Gasteiger partial charge in [0.1, 0.15) is 5.67 Å². The van der Waals surface area contributed by atoms with Gasteiger partial charge in [0, 0.05) is 16.9 Å². The van der Waals surface area contributed by atoms with Crippen LogP contribution in [0.1, 0.15) is 24.8 Å². The van der Waals surface area contributed by atoms with E-state index in [-0.39, 0.29) is 5.92 Å². The van der Waals surface area contributed by atoms with Crippen molar-refractivity contribution in [3.63, 3.8) is 0 Å². The Morgan fingerprint density at radius 1 is 1.47 bits per heavy atom. The summed E-state index contributed by atoms with van der Waals surface area (Å²) in [5, 5.41) is 3.26. The molecule has 0 radical (unpaired) electrons. The predicted octanol–water partition coefficient (Wildman–Crippen LogP) is 3.25. The van der Waals surface area contributed by atoms with Gasteiger partial charge in [0.05, 0.1) is 0 Å². The first-order chi connectivity index (χ1) is 7.11. The van der Waals surface area contributed by atoms with Crippen LogP contribution in [0.15, 0.2) is 28.7 Å². The minimum atomic E-state index is -1.10. The number of halogens is 2. The van der Waals surface area contributed by atoms with E-state index in [0.29, 0.717) is 6.42 Å². The van der Waals surface area contributed by atoms with Crippen LogP contribution < -0.4 is 5.32 Å². The smallest absolute Gasteiger partial charge is 0.117 e. The fourth-order valence-corrected chi connectivity index (χ4v) is 2.72. The fraction of sp³-hybridized carbons (Fsp3) is 0.500. The van der Waals surface area contributed by atoms with Crippen molar-refractivity contribution in [2.75, 3.05) is 13.1 Å². The van der Waals surface area contributed by atoms with E-state index < -0.39 is 5.67 Å². The summed E-state index contributed by atoms with van der Waals surface area (Å²) in [7, 11) is 0. The Balaban J connectivity index is 2.33. The molecule has 1 aromatic rings. The Labute approximate surface area is 98.2 Å². The lowest BCUT2D eigenvalue weighted by molar-refractivity contribution is 0.109. The average molecular weight is 272 g/mol. The van der Waals surface area contributed by atoms with E-state index in [2.05, 4.69) is 21.2 Å². The van der Waals surface area contributed by atoms with Gasteiger partial charge in [0.15, 0.2) is 0 Å². The highest BCUT2D eigenvalue weighted by molar-refractivity contribution is 9.10. The Kier molecular flexibility index (Phi) is 3.12. The third-order valence-electron chi connectivity index (χ3n) is 3.15. The molecule has 1 aliphatic rings. The number of hydrogen-bond donors (Lipinski definition) is 1. The second kappa shape index (κ2) is 4.22. The maximum atomic E-state index is 14.3. The second-order valence-electron chi connectivity index (χ2n) is 4.31. The zero-order valence-electron chi connectivity index (χ0n) is 8.76. The van der Waals surface area contributed by atoms with E-state index >= 15 is 0 Å². The van der Waals surface area contributed by atoms with Crippen molar-refractivity contribution < 1.29 is 4.39 Å². The van der Waals surface area contributed by atoms with Crippen molar-refractivity contribution >= 4 is 15.9 Å². The number of alkyl halides is 1. The molecule has 2 unspecified atom stereocenters. The van der Waals surface area contributed by atoms with Crippen molar-refractivity contribution in [3.05, 3.63) is 34.3 Å². The number of rotatable bonds is 1. The predicted molar refractivity (Wildman–Crippen MR) is 63.9 cm³/mol. The molecule has 1 nitrogen and oxygen atoms in total.